The number of anilines is 1. The summed E-state index contributed by atoms with van der Waals surface area (Å²) in [6.45, 7) is 4.46. The van der Waals surface area contributed by atoms with E-state index in [1.165, 1.54) is 0 Å². The molecule has 3 unspecified atom stereocenters. The molecular formula is C19H27N3O4. The lowest BCUT2D eigenvalue weighted by molar-refractivity contribution is -0.143. The van der Waals surface area contributed by atoms with E-state index < -0.39 is 11.9 Å². The number of likely N-dealkylation sites (tertiary alicyclic amines) is 1. The first-order chi connectivity index (χ1) is 12.5. The number of nitrogens with zero attached hydrogens (tertiary/aromatic N) is 2. The van der Waals surface area contributed by atoms with Crippen molar-refractivity contribution in [1.29, 1.82) is 0 Å². The molecule has 0 aromatic heterocycles. The van der Waals surface area contributed by atoms with E-state index in [1.807, 2.05) is 31.2 Å². The molecule has 0 spiro atoms. The lowest BCUT2D eigenvalue weighted by atomic mass is 9.91. The fourth-order valence-corrected chi connectivity index (χ4v) is 3.95. The van der Waals surface area contributed by atoms with E-state index in [0.29, 0.717) is 13.0 Å². The Balaban J connectivity index is 1.58. The summed E-state index contributed by atoms with van der Waals surface area (Å²) in [6, 6.07) is 7.76. The molecule has 2 aliphatic rings. The number of carbonyl (C=O) groups is 2. The Kier molecular flexibility index (Phi) is 5.54. The van der Waals surface area contributed by atoms with Crippen LogP contribution >= 0.6 is 0 Å². The second-order valence-electron chi connectivity index (χ2n) is 7.33. The number of hydrogen-bond donors (Lipinski definition) is 2. The summed E-state index contributed by atoms with van der Waals surface area (Å²) in [5.74, 6) is -0.270. The molecule has 2 amide bonds. The van der Waals surface area contributed by atoms with Crippen LogP contribution in [0.2, 0.25) is 0 Å². The third-order valence-electron chi connectivity index (χ3n) is 5.24. The molecule has 7 nitrogen and oxygen atoms in total. The van der Waals surface area contributed by atoms with E-state index in [4.69, 9.17) is 4.74 Å². The number of hydrogen-bond acceptors (Lipinski definition) is 4. The summed E-state index contributed by atoms with van der Waals surface area (Å²) in [7, 11) is 1.66. The maximum absolute atomic E-state index is 12.6. The fraction of sp³-hybridized carbons (Fsp3) is 0.579. The Morgan fingerprint density at radius 3 is 2.73 bits per heavy atom. The van der Waals surface area contributed by atoms with Crippen molar-refractivity contribution < 1.29 is 19.4 Å². The van der Waals surface area contributed by atoms with Crippen LogP contribution in [0.5, 0.6) is 5.75 Å². The zero-order valence-electron chi connectivity index (χ0n) is 15.4. The second-order valence-corrected chi connectivity index (χ2v) is 7.33. The predicted octanol–water partition coefficient (Wildman–Crippen LogP) is 2.03. The Hall–Kier alpha value is -2.44. The highest BCUT2D eigenvalue weighted by Gasteiger charge is 2.33. The molecule has 2 N–H and O–H groups in total. The lowest BCUT2D eigenvalue weighted by Gasteiger charge is -2.35. The number of benzene rings is 1. The molecule has 0 aliphatic carbocycles. The van der Waals surface area contributed by atoms with E-state index in [2.05, 4.69) is 10.2 Å². The highest BCUT2D eigenvalue weighted by Crippen LogP contribution is 2.30. The monoisotopic (exact) mass is 361 g/mol. The van der Waals surface area contributed by atoms with E-state index in [-0.39, 0.29) is 24.5 Å². The van der Waals surface area contributed by atoms with E-state index >= 15 is 0 Å². The van der Waals surface area contributed by atoms with Gasteiger partial charge in [0.05, 0.1) is 18.7 Å². The number of urea groups is 1. The quantitative estimate of drug-likeness (QED) is 0.857. The van der Waals surface area contributed by atoms with Crippen LogP contribution in [-0.2, 0) is 4.79 Å². The van der Waals surface area contributed by atoms with Crippen LogP contribution in [0.25, 0.3) is 0 Å². The van der Waals surface area contributed by atoms with Gasteiger partial charge in [0.2, 0.25) is 0 Å². The average Bonchev–Trinajstić information content (AvgIpc) is 3.09. The Morgan fingerprint density at radius 1 is 1.23 bits per heavy atom. The number of carboxylic acids is 1. The van der Waals surface area contributed by atoms with Gasteiger partial charge >= 0.3 is 12.0 Å². The zero-order valence-corrected chi connectivity index (χ0v) is 15.4. The highest BCUT2D eigenvalue weighted by molar-refractivity contribution is 5.77. The molecule has 1 aromatic rings. The first kappa shape index (κ1) is 18.4. The molecule has 1 aromatic carbocycles. The summed E-state index contributed by atoms with van der Waals surface area (Å²) in [6.07, 6.45) is 1.49. The Morgan fingerprint density at radius 2 is 2.00 bits per heavy atom. The standard InChI is InChI=1S/C19H27N3O4/c1-13-9-14(18(23)24)11-22(10-13)19(25)20-15-7-8-21(12-15)16-5-3-4-6-17(16)26-2/h3-6,13-15H,7-12H2,1-2H3,(H,20,25)(H,23,24). The highest BCUT2D eigenvalue weighted by atomic mass is 16.5. The van der Waals surface area contributed by atoms with Gasteiger partial charge in [0.15, 0.2) is 0 Å². The van der Waals surface area contributed by atoms with Gasteiger partial charge in [-0.05, 0) is 30.9 Å². The van der Waals surface area contributed by atoms with Gasteiger partial charge in [-0.15, -0.1) is 0 Å². The predicted molar refractivity (Wildman–Crippen MR) is 98.6 cm³/mol. The number of aliphatic carboxylic acids is 1. The maximum Gasteiger partial charge on any atom is 0.317 e. The van der Waals surface area contributed by atoms with Gasteiger partial charge in [0.1, 0.15) is 5.75 Å². The van der Waals surface area contributed by atoms with Crippen LogP contribution < -0.4 is 15.0 Å². The number of ether oxygens (including phenoxy) is 1. The smallest absolute Gasteiger partial charge is 0.317 e. The molecule has 2 aliphatic heterocycles. The minimum absolute atomic E-state index is 0.0490. The minimum atomic E-state index is -0.822. The summed E-state index contributed by atoms with van der Waals surface area (Å²) >= 11 is 0. The van der Waals surface area contributed by atoms with Crippen molar-refractivity contribution in [1.82, 2.24) is 10.2 Å². The third-order valence-corrected chi connectivity index (χ3v) is 5.24. The van der Waals surface area contributed by atoms with E-state index in [9.17, 15) is 14.7 Å². The van der Waals surface area contributed by atoms with Gasteiger partial charge in [-0.3, -0.25) is 4.79 Å². The first-order valence-electron chi connectivity index (χ1n) is 9.14. The van der Waals surface area contributed by atoms with Gasteiger partial charge in [-0.2, -0.15) is 0 Å². The number of para-hydroxylation sites is 2. The molecule has 0 bridgehead atoms. The average molecular weight is 361 g/mol. The summed E-state index contributed by atoms with van der Waals surface area (Å²) < 4.78 is 5.42. The van der Waals surface area contributed by atoms with Crippen molar-refractivity contribution in [3.63, 3.8) is 0 Å². The molecule has 0 radical (unpaired) electrons. The molecule has 2 fully saturated rings. The van der Waals surface area contributed by atoms with Crippen LogP contribution in [-0.4, -0.2) is 61.3 Å². The number of piperidine rings is 1. The molecule has 3 rings (SSSR count). The normalized spacial score (nSPS) is 25.8. The van der Waals surface area contributed by atoms with Crippen LogP contribution in [0.4, 0.5) is 10.5 Å². The number of rotatable bonds is 4. The summed E-state index contributed by atoms with van der Waals surface area (Å²) in [5, 5.41) is 12.4. The SMILES string of the molecule is COc1ccccc1N1CCC(NC(=O)N2CC(C)CC(C(=O)O)C2)C1. The lowest BCUT2D eigenvalue weighted by Crippen LogP contribution is -2.52. The van der Waals surface area contributed by atoms with Gasteiger partial charge < -0.3 is 25.0 Å². The fourth-order valence-electron chi connectivity index (χ4n) is 3.95. The van der Waals surface area contributed by atoms with Gasteiger partial charge in [0.25, 0.3) is 0 Å². The van der Waals surface area contributed by atoms with Crippen LogP contribution in [0.3, 0.4) is 0 Å². The van der Waals surface area contributed by atoms with Crippen molar-refractivity contribution in [2.75, 3.05) is 38.2 Å². The van der Waals surface area contributed by atoms with Crippen LogP contribution in [0.15, 0.2) is 24.3 Å². The number of nitrogens with one attached hydrogen (secondary N) is 1. The topological polar surface area (TPSA) is 82.1 Å². The van der Waals surface area contributed by atoms with Crippen LogP contribution in [0, 0.1) is 11.8 Å². The molecule has 3 atom stereocenters. The van der Waals surface area contributed by atoms with Gasteiger partial charge in [-0.25, -0.2) is 4.79 Å². The zero-order chi connectivity index (χ0) is 18.7. The van der Waals surface area contributed by atoms with E-state index in [0.717, 1.165) is 30.9 Å². The van der Waals surface area contributed by atoms with Crippen molar-refractivity contribution >= 4 is 17.7 Å². The third kappa shape index (κ3) is 4.03. The first-order valence-corrected chi connectivity index (χ1v) is 9.14. The molecule has 142 valence electrons. The maximum atomic E-state index is 12.6. The Bertz CT molecular complexity index is 666. The molecule has 2 saturated heterocycles. The van der Waals surface area contributed by atoms with Crippen molar-refractivity contribution in [3.05, 3.63) is 24.3 Å². The Labute approximate surface area is 153 Å². The second kappa shape index (κ2) is 7.85. The number of carbonyl (C=O) groups excluding carboxylic acids is 1. The van der Waals surface area contributed by atoms with Crippen LogP contribution in [0.1, 0.15) is 19.8 Å². The van der Waals surface area contributed by atoms with Crippen molar-refractivity contribution in [2.24, 2.45) is 11.8 Å². The van der Waals surface area contributed by atoms with Crippen molar-refractivity contribution in [3.8, 4) is 5.75 Å². The van der Waals surface area contributed by atoms with Gasteiger partial charge in [0, 0.05) is 32.2 Å². The summed E-state index contributed by atoms with van der Waals surface area (Å²) in [4.78, 5) is 27.8. The number of carboxylic acid groups (broad SMARTS) is 1. The molecule has 7 heteroatoms. The minimum Gasteiger partial charge on any atom is -0.495 e. The van der Waals surface area contributed by atoms with Crippen molar-refractivity contribution in [2.45, 2.75) is 25.8 Å². The number of amides is 2. The summed E-state index contributed by atoms with van der Waals surface area (Å²) in [5.41, 5.74) is 1.03. The molecule has 2 heterocycles. The molecule has 26 heavy (non-hydrogen) atoms. The van der Waals surface area contributed by atoms with Gasteiger partial charge in [-0.1, -0.05) is 19.1 Å². The molecular weight excluding hydrogens is 334 g/mol. The van der Waals surface area contributed by atoms with E-state index in [1.54, 1.807) is 12.0 Å². The largest absolute Gasteiger partial charge is 0.495 e. The number of methoxy groups -OCH3 is 1. The molecule has 0 saturated carbocycles.